The number of hydrogen-bond acceptors (Lipinski definition) is 5. The molecule has 2 amide bonds. The lowest BCUT2D eigenvalue weighted by molar-refractivity contribution is 0.0672. The van der Waals surface area contributed by atoms with Crippen LogP contribution in [-0.4, -0.2) is 26.6 Å². The number of nitrogens with zero attached hydrogens (tertiary/aromatic N) is 2. The Labute approximate surface area is 143 Å². The molecular formula is C17H18N4O4. The van der Waals surface area contributed by atoms with E-state index in [0.29, 0.717) is 11.4 Å². The molecule has 0 unspecified atom stereocenters. The van der Waals surface area contributed by atoms with Gasteiger partial charge in [-0.05, 0) is 26.0 Å². The van der Waals surface area contributed by atoms with E-state index in [0.717, 1.165) is 10.9 Å². The van der Waals surface area contributed by atoms with Gasteiger partial charge in [0.2, 0.25) is 11.7 Å². The average molecular weight is 342 g/mol. The van der Waals surface area contributed by atoms with Gasteiger partial charge >= 0.3 is 5.91 Å². The van der Waals surface area contributed by atoms with E-state index >= 15 is 0 Å². The lowest BCUT2D eigenvalue weighted by atomic mass is 10.2. The van der Waals surface area contributed by atoms with E-state index in [1.165, 1.54) is 5.48 Å². The molecule has 0 radical (unpaired) electrons. The Balaban J connectivity index is 1.82. The number of carbonyl (C=O) groups excluding carboxylic acids is 2. The molecular weight excluding hydrogens is 324 g/mol. The highest BCUT2D eigenvalue weighted by atomic mass is 16.5. The number of oxazole rings is 1. The third-order valence-corrected chi connectivity index (χ3v) is 4.02. The van der Waals surface area contributed by atoms with Crippen LogP contribution in [-0.2, 0) is 7.05 Å². The average Bonchev–Trinajstić information content (AvgIpc) is 3.15. The van der Waals surface area contributed by atoms with E-state index in [-0.39, 0.29) is 17.6 Å². The SMILES string of the molecule is Cc1nc([C@H](C)NC(=O)c2cc3ccccc3n2C)oc1C(=O)NO. The number of fused-ring (bicyclic) bond motifs is 1. The van der Waals surface area contributed by atoms with Crippen LogP contribution in [0.4, 0.5) is 0 Å². The summed E-state index contributed by atoms with van der Waals surface area (Å²) in [5.41, 5.74) is 3.28. The van der Waals surface area contributed by atoms with Crippen LogP contribution in [0.3, 0.4) is 0 Å². The Bertz CT molecular complexity index is 957. The molecule has 2 aromatic heterocycles. The first kappa shape index (κ1) is 16.7. The highest BCUT2D eigenvalue weighted by Crippen LogP contribution is 2.20. The number of aromatic nitrogens is 2. The second-order valence-electron chi connectivity index (χ2n) is 5.75. The number of nitrogens with one attached hydrogen (secondary N) is 2. The summed E-state index contributed by atoms with van der Waals surface area (Å²) in [6, 6.07) is 8.96. The quantitative estimate of drug-likeness (QED) is 0.497. The summed E-state index contributed by atoms with van der Waals surface area (Å²) in [5.74, 6) is -0.981. The van der Waals surface area contributed by atoms with Gasteiger partial charge in [0.05, 0.1) is 5.69 Å². The van der Waals surface area contributed by atoms with Crippen LogP contribution < -0.4 is 10.8 Å². The fourth-order valence-corrected chi connectivity index (χ4v) is 2.70. The van der Waals surface area contributed by atoms with E-state index in [9.17, 15) is 9.59 Å². The van der Waals surface area contributed by atoms with Gasteiger partial charge in [-0.25, -0.2) is 10.5 Å². The van der Waals surface area contributed by atoms with E-state index < -0.39 is 11.9 Å². The Morgan fingerprint density at radius 3 is 2.68 bits per heavy atom. The van der Waals surface area contributed by atoms with Crippen LogP contribution in [0.25, 0.3) is 10.9 Å². The maximum absolute atomic E-state index is 12.6. The topological polar surface area (TPSA) is 109 Å². The maximum Gasteiger partial charge on any atom is 0.312 e. The number of hydrogen-bond donors (Lipinski definition) is 3. The lowest BCUT2D eigenvalue weighted by Crippen LogP contribution is -2.28. The minimum absolute atomic E-state index is 0.0943. The van der Waals surface area contributed by atoms with Gasteiger partial charge in [-0.15, -0.1) is 0 Å². The van der Waals surface area contributed by atoms with Crippen molar-refractivity contribution in [2.45, 2.75) is 19.9 Å². The second-order valence-corrected chi connectivity index (χ2v) is 5.75. The van der Waals surface area contributed by atoms with Crippen molar-refractivity contribution in [1.82, 2.24) is 20.3 Å². The number of rotatable bonds is 4. The molecule has 25 heavy (non-hydrogen) atoms. The van der Waals surface area contributed by atoms with E-state index in [2.05, 4.69) is 10.3 Å². The fourth-order valence-electron chi connectivity index (χ4n) is 2.70. The Kier molecular flexibility index (Phi) is 4.28. The van der Waals surface area contributed by atoms with Crippen LogP contribution in [0.1, 0.15) is 45.6 Å². The van der Waals surface area contributed by atoms with Crippen molar-refractivity contribution < 1.29 is 19.2 Å². The molecule has 0 aliphatic heterocycles. The van der Waals surface area contributed by atoms with Gasteiger partial charge < -0.3 is 14.3 Å². The van der Waals surface area contributed by atoms with Gasteiger partial charge in [0.25, 0.3) is 5.91 Å². The molecule has 0 aliphatic carbocycles. The number of hydroxylamine groups is 1. The lowest BCUT2D eigenvalue weighted by Gasteiger charge is -2.11. The molecule has 8 heteroatoms. The second kappa shape index (κ2) is 6.40. The number of carbonyl (C=O) groups is 2. The summed E-state index contributed by atoms with van der Waals surface area (Å²) in [7, 11) is 1.82. The van der Waals surface area contributed by atoms with E-state index in [1.807, 2.05) is 41.9 Å². The first-order valence-electron chi connectivity index (χ1n) is 7.69. The van der Waals surface area contributed by atoms with Gasteiger partial charge in [-0.2, -0.15) is 0 Å². The molecule has 1 atom stereocenters. The van der Waals surface area contributed by atoms with Gasteiger partial charge in [0.15, 0.2) is 0 Å². The largest absolute Gasteiger partial charge is 0.433 e. The number of benzene rings is 1. The van der Waals surface area contributed by atoms with Crippen molar-refractivity contribution in [3.63, 3.8) is 0 Å². The molecule has 8 nitrogen and oxygen atoms in total. The number of amides is 2. The highest BCUT2D eigenvalue weighted by Gasteiger charge is 2.23. The molecule has 1 aromatic carbocycles. The van der Waals surface area contributed by atoms with Crippen molar-refractivity contribution in [3.8, 4) is 0 Å². The molecule has 3 N–H and O–H groups in total. The molecule has 0 fully saturated rings. The summed E-state index contributed by atoms with van der Waals surface area (Å²) < 4.78 is 7.16. The highest BCUT2D eigenvalue weighted by molar-refractivity contribution is 5.98. The van der Waals surface area contributed by atoms with Gasteiger partial charge in [0.1, 0.15) is 11.7 Å². The van der Waals surface area contributed by atoms with Gasteiger partial charge in [-0.1, -0.05) is 18.2 Å². The van der Waals surface area contributed by atoms with Gasteiger partial charge in [0, 0.05) is 18.0 Å². The van der Waals surface area contributed by atoms with E-state index in [4.69, 9.17) is 9.62 Å². The van der Waals surface area contributed by atoms with Crippen LogP contribution in [0.5, 0.6) is 0 Å². The summed E-state index contributed by atoms with van der Waals surface area (Å²) >= 11 is 0. The Morgan fingerprint density at radius 1 is 1.28 bits per heavy atom. The van der Waals surface area contributed by atoms with Crippen LogP contribution in [0.2, 0.25) is 0 Å². The first-order valence-corrected chi connectivity index (χ1v) is 7.69. The zero-order chi connectivity index (χ0) is 18.1. The Morgan fingerprint density at radius 2 is 2.00 bits per heavy atom. The van der Waals surface area contributed by atoms with Crippen LogP contribution >= 0.6 is 0 Å². The third kappa shape index (κ3) is 2.99. The summed E-state index contributed by atoms with van der Waals surface area (Å²) in [4.78, 5) is 28.2. The zero-order valence-electron chi connectivity index (χ0n) is 14.0. The number of aryl methyl sites for hydroxylation is 2. The summed E-state index contributed by atoms with van der Waals surface area (Å²) in [6.07, 6.45) is 0. The number of para-hydroxylation sites is 1. The predicted octanol–water partition coefficient (Wildman–Crippen LogP) is 2.08. The van der Waals surface area contributed by atoms with Crippen LogP contribution in [0.15, 0.2) is 34.7 Å². The van der Waals surface area contributed by atoms with E-state index in [1.54, 1.807) is 13.8 Å². The monoisotopic (exact) mass is 342 g/mol. The van der Waals surface area contributed by atoms with Crippen LogP contribution in [0, 0.1) is 6.92 Å². The molecule has 130 valence electrons. The fraction of sp³-hybridized carbons (Fsp3) is 0.235. The minimum atomic E-state index is -0.788. The van der Waals surface area contributed by atoms with Crippen molar-refractivity contribution in [1.29, 1.82) is 0 Å². The van der Waals surface area contributed by atoms with Crippen molar-refractivity contribution >= 4 is 22.7 Å². The zero-order valence-corrected chi connectivity index (χ0v) is 14.0. The molecule has 3 aromatic rings. The molecule has 0 saturated carbocycles. The summed E-state index contributed by atoms with van der Waals surface area (Å²) in [5, 5.41) is 12.5. The molecule has 0 spiro atoms. The molecule has 3 rings (SSSR count). The molecule has 2 heterocycles. The molecule has 0 saturated heterocycles. The first-order chi connectivity index (χ1) is 11.9. The van der Waals surface area contributed by atoms with Crippen molar-refractivity contribution in [2.24, 2.45) is 7.05 Å². The molecule has 0 aliphatic rings. The third-order valence-electron chi connectivity index (χ3n) is 4.02. The maximum atomic E-state index is 12.6. The van der Waals surface area contributed by atoms with Gasteiger partial charge in [-0.3, -0.25) is 14.8 Å². The normalized spacial score (nSPS) is 12.2. The predicted molar refractivity (Wildman–Crippen MR) is 89.3 cm³/mol. The standard InChI is InChI=1S/C17H18N4O4/c1-9-14(16(23)20-24)25-17(19-9)10(2)18-15(22)13-8-11-6-4-5-7-12(11)21(13)3/h4-8,10,24H,1-3H3,(H,18,22)(H,20,23)/t10-/m0/s1. The smallest absolute Gasteiger partial charge is 0.312 e. The minimum Gasteiger partial charge on any atom is -0.433 e. The van der Waals surface area contributed by atoms with Crippen molar-refractivity contribution in [2.75, 3.05) is 0 Å². The Hall–Kier alpha value is -3.13. The van der Waals surface area contributed by atoms with Crippen molar-refractivity contribution in [3.05, 3.63) is 53.4 Å². The molecule has 0 bridgehead atoms. The summed E-state index contributed by atoms with van der Waals surface area (Å²) in [6.45, 7) is 3.28.